The van der Waals surface area contributed by atoms with E-state index in [1.54, 1.807) is 0 Å². The minimum absolute atomic E-state index is 0.0687. The quantitative estimate of drug-likeness (QED) is 0.797. The van der Waals surface area contributed by atoms with Gasteiger partial charge in [0.1, 0.15) is 5.75 Å². The monoisotopic (exact) mass is 327 g/mol. The van der Waals surface area contributed by atoms with Crippen molar-refractivity contribution < 1.29 is 36.2 Å². The fourth-order valence-corrected chi connectivity index (χ4v) is 2.28. The van der Waals surface area contributed by atoms with Gasteiger partial charge in [-0.1, -0.05) is 0 Å². The van der Waals surface area contributed by atoms with E-state index < -0.39 is 40.9 Å². The molecule has 0 aliphatic heterocycles. The number of aliphatic carboxylic acids is 1. The number of anilines is 1. The van der Waals surface area contributed by atoms with Crippen molar-refractivity contribution in [2.45, 2.75) is 12.6 Å². The molecule has 0 aromatic heterocycles. The minimum atomic E-state index is -4.46. The van der Waals surface area contributed by atoms with Crippen molar-refractivity contribution in [3.05, 3.63) is 24.3 Å². The molecule has 0 heterocycles. The summed E-state index contributed by atoms with van der Waals surface area (Å²) in [6.45, 7) is -1.45. The molecule has 10 heteroatoms. The summed E-state index contributed by atoms with van der Waals surface area (Å²) in [6, 6.07) is 4.76. The standard InChI is InChI=1S/C11H12F3NO5S/c12-11(13,14)7-20-9-3-1-8(2-4-9)15-21(18,19)6-5-10(16)17/h1-4,15H,5-7H2,(H,16,17). The maximum Gasteiger partial charge on any atom is 0.422 e. The van der Waals surface area contributed by atoms with Gasteiger partial charge in [0, 0.05) is 5.69 Å². The summed E-state index contributed by atoms with van der Waals surface area (Å²) in [5.74, 6) is -1.92. The Balaban J connectivity index is 2.60. The first-order chi connectivity index (χ1) is 9.57. The van der Waals surface area contributed by atoms with Crippen molar-refractivity contribution in [1.82, 2.24) is 0 Å². The molecule has 0 radical (unpaired) electrons. The molecule has 0 aliphatic rings. The average molecular weight is 327 g/mol. The van der Waals surface area contributed by atoms with E-state index in [-0.39, 0.29) is 11.4 Å². The molecule has 0 bridgehead atoms. The lowest BCUT2D eigenvalue weighted by atomic mass is 10.3. The molecule has 21 heavy (non-hydrogen) atoms. The maximum atomic E-state index is 11.9. The van der Waals surface area contributed by atoms with Crippen LogP contribution in [-0.4, -0.2) is 38.0 Å². The number of ether oxygens (including phenoxy) is 1. The zero-order valence-electron chi connectivity index (χ0n) is 10.6. The van der Waals surface area contributed by atoms with Gasteiger partial charge < -0.3 is 9.84 Å². The summed E-state index contributed by atoms with van der Waals surface area (Å²) in [7, 11) is -3.83. The predicted molar refractivity (Wildman–Crippen MR) is 67.7 cm³/mol. The minimum Gasteiger partial charge on any atom is -0.484 e. The van der Waals surface area contributed by atoms with E-state index in [2.05, 4.69) is 9.46 Å². The number of nitrogens with one attached hydrogen (secondary N) is 1. The van der Waals surface area contributed by atoms with Crippen molar-refractivity contribution in [2.75, 3.05) is 17.1 Å². The van der Waals surface area contributed by atoms with Gasteiger partial charge in [-0.25, -0.2) is 8.42 Å². The van der Waals surface area contributed by atoms with Gasteiger partial charge >= 0.3 is 12.1 Å². The van der Waals surface area contributed by atoms with Gasteiger partial charge in [0.2, 0.25) is 10.0 Å². The fraction of sp³-hybridized carbons (Fsp3) is 0.364. The summed E-state index contributed by atoms with van der Waals surface area (Å²) in [5.41, 5.74) is 0.0970. The SMILES string of the molecule is O=C(O)CCS(=O)(=O)Nc1ccc(OCC(F)(F)F)cc1. The Kier molecular flexibility index (Phi) is 5.41. The molecule has 0 aliphatic carbocycles. The van der Waals surface area contributed by atoms with E-state index in [0.29, 0.717) is 0 Å². The molecule has 2 N–H and O–H groups in total. The first-order valence-electron chi connectivity index (χ1n) is 5.59. The third kappa shape index (κ3) is 7.40. The average Bonchev–Trinajstić information content (AvgIpc) is 2.34. The van der Waals surface area contributed by atoms with Crippen LogP contribution < -0.4 is 9.46 Å². The van der Waals surface area contributed by atoms with Crippen molar-refractivity contribution in [2.24, 2.45) is 0 Å². The summed E-state index contributed by atoms with van der Waals surface area (Å²) in [5, 5.41) is 8.40. The molecule has 6 nitrogen and oxygen atoms in total. The Labute approximate surface area is 118 Å². The molecule has 0 saturated carbocycles. The van der Waals surface area contributed by atoms with E-state index in [4.69, 9.17) is 5.11 Å². The van der Waals surface area contributed by atoms with Crippen molar-refractivity contribution in [3.63, 3.8) is 0 Å². The van der Waals surface area contributed by atoms with Crippen LogP contribution >= 0.6 is 0 Å². The van der Waals surface area contributed by atoms with Crippen LogP contribution in [0.2, 0.25) is 0 Å². The number of carbonyl (C=O) groups is 1. The molecule has 1 aromatic rings. The Morgan fingerprint density at radius 3 is 2.29 bits per heavy atom. The number of rotatable bonds is 7. The number of halogens is 3. The first-order valence-corrected chi connectivity index (χ1v) is 7.24. The topological polar surface area (TPSA) is 92.7 Å². The molecule has 0 atom stereocenters. The molecular formula is C11H12F3NO5S. The van der Waals surface area contributed by atoms with Gasteiger partial charge in [-0.2, -0.15) is 13.2 Å². The number of carboxylic acids is 1. The Hall–Kier alpha value is -1.97. The lowest BCUT2D eigenvalue weighted by Crippen LogP contribution is -2.19. The van der Waals surface area contributed by atoms with Crippen LogP contribution in [0.5, 0.6) is 5.75 Å². The second-order valence-electron chi connectivity index (χ2n) is 3.99. The molecule has 0 fully saturated rings. The number of alkyl halides is 3. The zero-order chi connectivity index (χ0) is 16.1. The largest absolute Gasteiger partial charge is 0.484 e. The summed E-state index contributed by atoms with van der Waals surface area (Å²) in [6.07, 6.45) is -5.01. The molecule has 1 rings (SSSR count). The molecule has 1 aromatic carbocycles. The van der Waals surface area contributed by atoms with Crippen LogP contribution in [0.3, 0.4) is 0 Å². The summed E-state index contributed by atoms with van der Waals surface area (Å²) >= 11 is 0. The van der Waals surface area contributed by atoms with E-state index in [1.807, 2.05) is 0 Å². The lowest BCUT2D eigenvalue weighted by Gasteiger charge is -2.10. The van der Waals surface area contributed by atoms with Gasteiger partial charge in [0.25, 0.3) is 0 Å². The second-order valence-corrected chi connectivity index (χ2v) is 5.83. The highest BCUT2D eigenvalue weighted by molar-refractivity contribution is 7.92. The van der Waals surface area contributed by atoms with Crippen LogP contribution in [0, 0.1) is 0 Å². The van der Waals surface area contributed by atoms with Crippen molar-refractivity contribution in [1.29, 1.82) is 0 Å². The zero-order valence-corrected chi connectivity index (χ0v) is 11.4. The highest BCUT2D eigenvalue weighted by Crippen LogP contribution is 2.20. The number of benzene rings is 1. The molecule has 118 valence electrons. The van der Waals surface area contributed by atoms with Gasteiger partial charge in [0.15, 0.2) is 6.61 Å². The smallest absolute Gasteiger partial charge is 0.422 e. The van der Waals surface area contributed by atoms with Crippen molar-refractivity contribution in [3.8, 4) is 5.75 Å². The Bertz CT molecular complexity index is 583. The van der Waals surface area contributed by atoms with E-state index >= 15 is 0 Å². The molecule has 0 spiro atoms. The molecule has 0 unspecified atom stereocenters. The first kappa shape index (κ1) is 17.1. The normalized spacial score (nSPS) is 12.0. The van der Waals surface area contributed by atoms with E-state index in [1.165, 1.54) is 24.3 Å². The summed E-state index contributed by atoms with van der Waals surface area (Å²) in [4.78, 5) is 10.3. The van der Waals surface area contributed by atoms with Crippen LogP contribution in [0.15, 0.2) is 24.3 Å². The maximum absolute atomic E-state index is 11.9. The molecular weight excluding hydrogens is 315 g/mol. The fourth-order valence-electron chi connectivity index (χ4n) is 1.24. The van der Waals surface area contributed by atoms with Gasteiger partial charge in [-0.15, -0.1) is 0 Å². The number of sulfonamides is 1. The van der Waals surface area contributed by atoms with Crippen molar-refractivity contribution >= 4 is 21.7 Å². The van der Waals surface area contributed by atoms with Gasteiger partial charge in [-0.05, 0) is 24.3 Å². The van der Waals surface area contributed by atoms with E-state index in [0.717, 1.165) is 0 Å². The van der Waals surface area contributed by atoms with Crippen LogP contribution in [0.4, 0.5) is 18.9 Å². The highest BCUT2D eigenvalue weighted by atomic mass is 32.2. The van der Waals surface area contributed by atoms with Crippen LogP contribution in [-0.2, 0) is 14.8 Å². The number of carboxylic acid groups (broad SMARTS) is 1. The van der Waals surface area contributed by atoms with Crippen LogP contribution in [0.25, 0.3) is 0 Å². The highest BCUT2D eigenvalue weighted by Gasteiger charge is 2.28. The summed E-state index contributed by atoms with van der Waals surface area (Å²) < 4.78 is 65.3. The third-order valence-electron chi connectivity index (χ3n) is 2.11. The predicted octanol–water partition coefficient (Wildman–Crippen LogP) is 1.84. The van der Waals surface area contributed by atoms with Gasteiger partial charge in [0.05, 0.1) is 12.2 Å². The second kappa shape index (κ2) is 6.66. The molecule has 0 saturated heterocycles. The third-order valence-corrected chi connectivity index (χ3v) is 3.40. The van der Waals surface area contributed by atoms with Crippen LogP contribution in [0.1, 0.15) is 6.42 Å². The van der Waals surface area contributed by atoms with E-state index in [9.17, 15) is 26.4 Å². The lowest BCUT2D eigenvalue weighted by molar-refractivity contribution is -0.153. The Morgan fingerprint density at radius 2 is 1.81 bits per heavy atom. The number of hydrogen-bond donors (Lipinski definition) is 2. The number of hydrogen-bond acceptors (Lipinski definition) is 4. The Morgan fingerprint density at radius 1 is 1.24 bits per heavy atom. The van der Waals surface area contributed by atoms with Gasteiger partial charge in [-0.3, -0.25) is 9.52 Å². The molecule has 0 amide bonds.